The summed E-state index contributed by atoms with van der Waals surface area (Å²) in [6, 6.07) is 24.9. The van der Waals surface area contributed by atoms with E-state index in [9.17, 15) is 8.42 Å². The van der Waals surface area contributed by atoms with Gasteiger partial charge in [-0.3, -0.25) is 0 Å². The number of nitrogens with two attached hydrogens (primary N) is 1. The predicted octanol–water partition coefficient (Wildman–Crippen LogP) is 4.06. The van der Waals surface area contributed by atoms with Crippen LogP contribution in [0.2, 0.25) is 0 Å². The molecule has 0 amide bonds. The first-order chi connectivity index (χ1) is 12.9. The lowest BCUT2D eigenvalue weighted by Gasteiger charge is -2.32. The number of hydrogen-bond acceptors (Lipinski definition) is 3. The van der Waals surface area contributed by atoms with E-state index in [-0.39, 0.29) is 4.90 Å². The third kappa shape index (κ3) is 4.11. The van der Waals surface area contributed by atoms with Gasteiger partial charge >= 0.3 is 0 Å². The van der Waals surface area contributed by atoms with Crippen LogP contribution in [0.1, 0.15) is 28.8 Å². The van der Waals surface area contributed by atoms with Gasteiger partial charge in [-0.2, -0.15) is 4.31 Å². The molecule has 3 aromatic carbocycles. The summed E-state index contributed by atoms with van der Waals surface area (Å²) in [4.78, 5) is 0.261. The second kappa shape index (κ2) is 8.05. The smallest absolute Gasteiger partial charge is 0.243 e. The van der Waals surface area contributed by atoms with E-state index in [4.69, 9.17) is 5.73 Å². The van der Waals surface area contributed by atoms with Gasteiger partial charge in [0.1, 0.15) is 0 Å². The van der Waals surface area contributed by atoms with Crippen molar-refractivity contribution < 1.29 is 8.42 Å². The molecule has 0 bridgehead atoms. The number of sulfonamides is 1. The average molecular weight is 381 g/mol. The molecule has 0 spiro atoms. The zero-order chi connectivity index (χ0) is 19.4. The standard InChI is InChI=1S/C22H24N2O2S/c1-17-13-15-20(16-14-17)27(25,26)24(2)22(19-11-7-4-8-12-19)21(23)18-9-5-3-6-10-18/h3-16,21-22H,23H2,1-2H3/t21-,22-/m1/s1. The molecule has 0 unspecified atom stereocenters. The number of hydrogen-bond donors (Lipinski definition) is 1. The molecule has 0 aliphatic heterocycles. The van der Waals surface area contributed by atoms with Crippen LogP contribution in [0.25, 0.3) is 0 Å². The van der Waals surface area contributed by atoms with Crippen LogP contribution in [0.3, 0.4) is 0 Å². The van der Waals surface area contributed by atoms with Gasteiger partial charge in [-0.05, 0) is 30.2 Å². The van der Waals surface area contributed by atoms with Crippen LogP contribution in [0.5, 0.6) is 0 Å². The van der Waals surface area contributed by atoms with Crippen LogP contribution < -0.4 is 5.73 Å². The molecule has 5 heteroatoms. The SMILES string of the molecule is Cc1ccc(S(=O)(=O)N(C)[C@H](c2ccccc2)[C@H](N)c2ccccc2)cc1. The van der Waals surface area contributed by atoms with E-state index in [2.05, 4.69) is 0 Å². The molecule has 4 nitrogen and oxygen atoms in total. The Morgan fingerprint density at radius 3 is 1.78 bits per heavy atom. The van der Waals surface area contributed by atoms with E-state index in [0.29, 0.717) is 0 Å². The summed E-state index contributed by atoms with van der Waals surface area (Å²) in [5.41, 5.74) is 9.32. The number of likely N-dealkylation sites (N-methyl/N-ethyl adjacent to an activating group) is 1. The Balaban J connectivity index is 2.06. The van der Waals surface area contributed by atoms with E-state index in [1.165, 1.54) is 4.31 Å². The first-order valence-corrected chi connectivity index (χ1v) is 10.3. The van der Waals surface area contributed by atoms with Gasteiger partial charge < -0.3 is 5.73 Å². The fraction of sp³-hybridized carbons (Fsp3) is 0.182. The maximum absolute atomic E-state index is 13.3. The minimum Gasteiger partial charge on any atom is -0.322 e. The van der Waals surface area contributed by atoms with Crippen LogP contribution in [0, 0.1) is 6.92 Å². The van der Waals surface area contributed by atoms with Crippen molar-refractivity contribution in [3.05, 3.63) is 102 Å². The molecule has 0 aromatic heterocycles. The molecule has 0 radical (unpaired) electrons. The summed E-state index contributed by atoms with van der Waals surface area (Å²) in [6.45, 7) is 1.93. The zero-order valence-corrected chi connectivity index (χ0v) is 16.3. The quantitative estimate of drug-likeness (QED) is 0.701. The van der Waals surface area contributed by atoms with Crippen molar-refractivity contribution in [2.45, 2.75) is 23.9 Å². The van der Waals surface area contributed by atoms with Crippen LogP contribution >= 0.6 is 0 Å². The summed E-state index contributed by atoms with van der Waals surface area (Å²) >= 11 is 0. The van der Waals surface area contributed by atoms with Gasteiger partial charge in [0.05, 0.1) is 17.0 Å². The highest BCUT2D eigenvalue weighted by Gasteiger charge is 2.33. The lowest BCUT2D eigenvalue weighted by molar-refractivity contribution is 0.328. The van der Waals surface area contributed by atoms with Gasteiger partial charge in [0.15, 0.2) is 0 Å². The molecule has 140 valence electrons. The van der Waals surface area contributed by atoms with Crippen LogP contribution in [-0.4, -0.2) is 19.8 Å². The van der Waals surface area contributed by atoms with Gasteiger partial charge in [-0.1, -0.05) is 78.4 Å². The summed E-state index contributed by atoms with van der Waals surface area (Å²) in [5.74, 6) is 0. The van der Waals surface area contributed by atoms with Gasteiger partial charge in [-0.25, -0.2) is 8.42 Å². The minimum absolute atomic E-state index is 0.261. The molecule has 27 heavy (non-hydrogen) atoms. The normalized spacial score (nSPS) is 14.1. The number of nitrogens with zero attached hydrogens (tertiary/aromatic N) is 1. The van der Waals surface area contributed by atoms with Crippen molar-refractivity contribution in [3.63, 3.8) is 0 Å². The molecule has 0 aliphatic rings. The van der Waals surface area contributed by atoms with Crippen molar-refractivity contribution >= 4 is 10.0 Å². The molecule has 3 aromatic rings. The highest BCUT2D eigenvalue weighted by atomic mass is 32.2. The van der Waals surface area contributed by atoms with Crippen molar-refractivity contribution in [2.75, 3.05) is 7.05 Å². The number of rotatable bonds is 6. The van der Waals surface area contributed by atoms with E-state index in [0.717, 1.165) is 16.7 Å². The predicted molar refractivity (Wildman–Crippen MR) is 109 cm³/mol. The molecule has 0 fully saturated rings. The topological polar surface area (TPSA) is 63.4 Å². The number of benzene rings is 3. The molecule has 2 N–H and O–H groups in total. The summed E-state index contributed by atoms with van der Waals surface area (Å²) in [5, 5.41) is 0. The molecular weight excluding hydrogens is 356 g/mol. The van der Waals surface area contributed by atoms with Crippen molar-refractivity contribution in [2.24, 2.45) is 5.73 Å². The van der Waals surface area contributed by atoms with Gasteiger partial charge in [0.25, 0.3) is 0 Å². The third-order valence-corrected chi connectivity index (χ3v) is 6.61. The summed E-state index contributed by atoms with van der Waals surface area (Å²) in [7, 11) is -2.11. The Morgan fingerprint density at radius 2 is 1.26 bits per heavy atom. The maximum Gasteiger partial charge on any atom is 0.243 e. The first kappa shape index (κ1) is 19.3. The second-order valence-electron chi connectivity index (χ2n) is 6.63. The first-order valence-electron chi connectivity index (χ1n) is 8.81. The number of aryl methyl sites for hydroxylation is 1. The highest BCUT2D eigenvalue weighted by molar-refractivity contribution is 7.89. The monoisotopic (exact) mass is 380 g/mol. The molecule has 3 rings (SSSR count). The largest absolute Gasteiger partial charge is 0.322 e. The lowest BCUT2D eigenvalue weighted by Crippen LogP contribution is -2.37. The Bertz CT molecular complexity index is 972. The summed E-state index contributed by atoms with van der Waals surface area (Å²) < 4.78 is 27.9. The zero-order valence-electron chi connectivity index (χ0n) is 15.5. The Hall–Kier alpha value is -2.47. The Kier molecular flexibility index (Phi) is 5.75. The van der Waals surface area contributed by atoms with Gasteiger partial charge in [0.2, 0.25) is 10.0 Å². The van der Waals surface area contributed by atoms with Crippen molar-refractivity contribution in [1.29, 1.82) is 0 Å². The van der Waals surface area contributed by atoms with E-state index < -0.39 is 22.1 Å². The lowest BCUT2D eigenvalue weighted by atomic mass is 9.94. The molecular formula is C22H24N2O2S. The van der Waals surface area contributed by atoms with Crippen LogP contribution in [0.4, 0.5) is 0 Å². The van der Waals surface area contributed by atoms with Gasteiger partial charge in [0, 0.05) is 7.05 Å². The Labute approximate surface area is 161 Å². The van der Waals surface area contributed by atoms with Gasteiger partial charge in [-0.15, -0.1) is 0 Å². The minimum atomic E-state index is -3.70. The van der Waals surface area contributed by atoms with E-state index >= 15 is 0 Å². The molecule has 0 heterocycles. The fourth-order valence-electron chi connectivity index (χ4n) is 3.18. The molecule has 0 saturated carbocycles. The van der Waals surface area contributed by atoms with Crippen LogP contribution in [-0.2, 0) is 10.0 Å². The molecule has 0 saturated heterocycles. The maximum atomic E-state index is 13.3. The highest BCUT2D eigenvalue weighted by Crippen LogP contribution is 2.35. The van der Waals surface area contributed by atoms with E-state index in [1.54, 1.807) is 31.3 Å². The second-order valence-corrected chi connectivity index (χ2v) is 8.62. The summed E-state index contributed by atoms with van der Waals surface area (Å²) in [6.07, 6.45) is 0. The molecule has 0 aliphatic carbocycles. The molecule has 2 atom stereocenters. The van der Waals surface area contributed by atoms with Crippen molar-refractivity contribution in [1.82, 2.24) is 4.31 Å². The van der Waals surface area contributed by atoms with Crippen LogP contribution in [0.15, 0.2) is 89.8 Å². The third-order valence-electron chi connectivity index (χ3n) is 4.76. The fourth-order valence-corrected chi connectivity index (χ4v) is 4.54. The van der Waals surface area contributed by atoms with Crippen molar-refractivity contribution in [3.8, 4) is 0 Å². The Morgan fingerprint density at radius 1 is 0.778 bits per heavy atom. The average Bonchev–Trinajstić information content (AvgIpc) is 2.70. The van der Waals surface area contributed by atoms with E-state index in [1.807, 2.05) is 67.6 Å².